The smallest absolute Gasteiger partial charge is 0.338 e. The highest BCUT2D eigenvalue weighted by atomic mass is 35.5. The van der Waals surface area contributed by atoms with Crippen LogP contribution in [0.5, 0.6) is 0 Å². The zero-order valence-electron chi connectivity index (χ0n) is 22.8. The van der Waals surface area contributed by atoms with E-state index in [0.29, 0.717) is 23.4 Å². The molecule has 1 aliphatic rings. The van der Waals surface area contributed by atoms with Crippen molar-refractivity contribution in [2.24, 2.45) is 0 Å². The van der Waals surface area contributed by atoms with Gasteiger partial charge in [-0.2, -0.15) is 0 Å². The number of rotatable bonds is 9. The number of aryl methyl sites for hydroxylation is 3. The number of anilines is 3. The van der Waals surface area contributed by atoms with Crippen molar-refractivity contribution in [2.45, 2.75) is 40.5 Å². The lowest BCUT2D eigenvalue weighted by Crippen LogP contribution is -2.32. The molecule has 0 bridgehead atoms. The van der Waals surface area contributed by atoms with Gasteiger partial charge in [0.25, 0.3) is 17.7 Å². The van der Waals surface area contributed by atoms with Crippen LogP contribution in [0, 0.1) is 20.8 Å². The van der Waals surface area contributed by atoms with Gasteiger partial charge in [0, 0.05) is 16.9 Å². The van der Waals surface area contributed by atoms with Crippen molar-refractivity contribution in [3.63, 3.8) is 0 Å². The van der Waals surface area contributed by atoms with E-state index in [9.17, 15) is 19.2 Å². The first-order valence-corrected chi connectivity index (χ1v) is 13.3. The molecule has 0 aliphatic carbocycles. The van der Waals surface area contributed by atoms with Gasteiger partial charge in [-0.3, -0.25) is 14.4 Å². The van der Waals surface area contributed by atoms with Gasteiger partial charge >= 0.3 is 5.97 Å². The van der Waals surface area contributed by atoms with Gasteiger partial charge in [-0.25, -0.2) is 9.69 Å². The van der Waals surface area contributed by atoms with Crippen LogP contribution >= 0.6 is 11.6 Å². The van der Waals surface area contributed by atoms with Crippen molar-refractivity contribution < 1.29 is 23.9 Å². The minimum Gasteiger partial charge on any atom is -0.462 e. The molecule has 0 unspecified atom stereocenters. The summed E-state index contributed by atoms with van der Waals surface area (Å²) in [5.41, 5.74) is 5.23. The number of nitrogens with zero attached hydrogens (tertiary/aromatic N) is 1. The van der Waals surface area contributed by atoms with Crippen LogP contribution in [-0.2, 0) is 14.3 Å². The number of nitrogens with one attached hydrogen (secondary N) is 2. The molecule has 0 saturated carbocycles. The summed E-state index contributed by atoms with van der Waals surface area (Å²) < 4.78 is 5.19. The molecule has 0 radical (unpaired) electrons. The molecule has 40 heavy (non-hydrogen) atoms. The standard InChI is InChI=1S/C31H30ClN3O5/c1-5-6-15-40-31(39)22-9-13-24(14-10-22)35-29(37)25(32)27(30(35)38)33-23-11-7-21(8-12-23)28(36)34-26-19(3)16-18(2)17-20(26)4/h7-14,16-17,33H,5-6,15H2,1-4H3,(H,34,36). The van der Waals surface area contributed by atoms with Crippen LogP contribution in [-0.4, -0.2) is 30.3 Å². The second-order valence-corrected chi connectivity index (χ2v) is 9.98. The lowest BCUT2D eigenvalue weighted by molar-refractivity contribution is -0.120. The van der Waals surface area contributed by atoms with E-state index in [0.717, 1.165) is 40.1 Å². The number of benzene rings is 3. The fourth-order valence-electron chi connectivity index (χ4n) is 4.40. The van der Waals surface area contributed by atoms with Crippen LogP contribution in [0.2, 0.25) is 0 Å². The molecule has 0 spiro atoms. The van der Waals surface area contributed by atoms with Gasteiger partial charge in [-0.1, -0.05) is 42.6 Å². The van der Waals surface area contributed by atoms with Gasteiger partial charge in [0.1, 0.15) is 10.7 Å². The average molecular weight is 560 g/mol. The highest BCUT2D eigenvalue weighted by Gasteiger charge is 2.39. The Morgan fingerprint density at radius 1 is 0.875 bits per heavy atom. The van der Waals surface area contributed by atoms with Crippen LogP contribution in [0.25, 0.3) is 0 Å². The molecule has 206 valence electrons. The molecule has 0 aromatic heterocycles. The number of ether oxygens (including phenoxy) is 1. The molecule has 3 aromatic carbocycles. The maximum atomic E-state index is 13.1. The molecule has 3 aromatic rings. The first-order chi connectivity index (χ1) is 19.1. The Morgan fingerprint density at radius 3 is 2.08 bits per heavy atom. The van der Waals surface area contributed by atoms with Gasteiger partial charge in [0.15, 0.2) is 0 Å². The third-order valence-corrected chi connectivity index (χ3v) is 6.80. The zero-order chi connectivity index (χ0) is 29.0. The summed E-state index contributed by atoms with van der Waals surface area (Å²) in [4.78, 5) is 51.9. The van der Waals surface area contributed by atoms with E-state index in [1.807, 2.05) is 39.8 Å². The highest BCUT2D eigenvalue weighted by Crippen LogP contribution is 2.30. The number of amides is 3. The minimum atomic E-state index is -0.688. The molecule has 1 aliphatic heterocycles. The summed E-state index contributed by atoms with van der Waals surface area (Å²) >= 11 is 6.25. The van der Waals surface area contributed by atoms with E-state index in [-0.39, 0.29) is 22.3 Å². The summed E-state index contributed by atoms with van der Waals surface area (Å²) in [6.07, 6.45) is 1.67. The van der Waals surface area contributed by atoms with Crippen molar-refractivity contribution in [3.05, 3.63) is 99.2 Å². The van der Waals surface area contributed by atoms with Crippen LogP contribution in [0.1, 0.15) is 57.2 Å². The molecule has 4 rings (SSSR count). The third kappa shape index (κ3) is 6.07. The number of unbranched alkanes of at least 4 members (excludes halogenated alkanes) is 1. The van der Waals surface area contributed by atoms with Gasteiger partial charge in [0.05, 0.1) is 17.9 Å². The summed E-state index contributed by atoms with van der Waals surface area (Å²) in [7, 11) is 0. The fraction of sp³-hybridized carbons (Fsp3) is 0.226. The predicted octanol–water partition coefficient (Wildman–Crippen LogP) is 6.26. The Morgan fingerprint density at radius 2 is 1.48 bits per heavy atom. The monoisotopic (exact) mass is 559 g/mol. The van der Waals surface area contributed by atoms with Crippen molar-refractivity contribution >= 4 is 52.4 Å². The Kier molecular flexibility index (Phi) is 8.70. The number of hydrogen-bond acceptors (Lipinski definition) is 6. The lowest BCUT2D eigenvalue weighted by Gasteiger charge is -2.16. The predicted molar refractivity (Wildman–Crippen MR) is 156 cm³/mol. The number of imide groups is 1. The average Bonchev–Trinajstić information content (AvgIpc) is 3.14. The number of esters is 1. The van der Waals surface area contributed by atoms with Gasteiger partial charge in [0.2, 0.25) is 0 Å². The fourth-order valence-corrected chi connectivity index (χ4v) is 4.61. The molecule has 3 amide bonds. The van der Waals surface area contributed by atoms with E-state index < -0.39 is 17.8 Å². The van der Waals surface area contributed by atoms with Crippen molar-refractivity contribution in [2.75, 3.05) is 22.1 Å². The largest absolute Gasteiger partial charge is 0.462 e. The first-order valence-electron chi connectivity index (χ1n) is 12.9. The Labute approximate surface area is 238 Å². The molecule has 8 nitrogen and oxygen atoms in total. The number of carbonyl (C=O) groups excluding carboxylic acids is 4. The molecule has 9 heteroatoms. The Bertz CT molecular complexity index is 1490. The molecule has 1 heterocycles. The van der Waals surface area contributed by atoms with Crippen molar-refractivity contribution in [3.8, 4) is 0 Å². The minimum absolute atomic E-state index is 0.0853. The highest BCUT2D eigenvalue weighted by molar-refractivity contribution is 6.53. The zero-order valence-corrected chi connectivity index (χ0v) is 23.5. The number of carbonyl (C=O) groups is 4. The van der Waals surface area contributed by atoms with Gasteiger partial charge in [-0.15, -0.1) is 0 Å². The topological polar surface area (TPSA) is 105 Å². The summed E-state index contributed by atoms with van der Waals surface area (Å²) in [6.45, 7) is 8.22. The van der Waals surface area contributed by atoms with Crippen molar-refractivity contribution in [1.82, 2.24) is 0 Å². The molecular formula is C31H30ClN3O5. The van der Waals surface area contributed by atoms with E-state index in [4.69, 9.17) is 16.3 Å². The summed E-state index contributed by atoms with van der Waals surface area (Å²) in [5, 5.41) is 5.59. The van der Waals surface area contributed by atoms with Crippen LogP contribution < -0.4 is 15.5 Å². The molecule has 0 fully saturated rings. The maximum Gasteiger partial charge on any atom is 0.338 e. The van der Waals surface area contributed by atoms with Crippen LogP contribution in [0.15, 0.2) is 71.4 Å². The quantitative estimate of drug-likeness (QED) is 0.182. The van der Waals surface area contributed by atoms with Crippen LogP contribution in [0.4, 0.5) is 17.1 Å². The van der Waals surface area contributed by atoms with Gasteiger partial charge < -0.3 is 15.4 Å². The summed E-state index contributed by atoms with van der Waals surface area (Å²) in [6, 6.07) is 16.5. The molecular weight excluding hydrogens is 530 g/mol. The third-order valence-electron chi connectivity index (χ3n) is 6.45. The van der Waals surface area contributed by atoms with E-state index in [2.05, 4.69) is 10.6 Å². The maximum absolute atomic E-state index is 13.1. The summed E-state index contributed by atoms with van der Waals surface area (Å²) in [5.74, 6) is -2.07. The van der Waals surface area contributed by atoms with Gasteiger partial charge in [-0.05, 0) is 86.8 Å². The normalized spacial score (nSPS) is 13.1. The molecule has 0 atom stereocenters. The lowest BCUT2D eigenvalue weighted by atomic mass is 10.0. The SMILES string of the molecule is CCCCOC(=O)c1ccc(N2C(=O)C(Cl)=C(Nc3ccc(C(=O)Nc4c(C)cc(C)cc4C)cc3)C2=O)cc1. The van der Waals surface area contributed by atoms with E-state index in [1.165, 1.54) is 24.3 Å². The molecule has 2 N–H and O–H groups in total. The van der Waals surface area contributed by atoms with E-state index in [1.54, 1.807) is 24.3 Å². The molecule has 0 saturated heterocycles. The second-order valence-electron chi connectivity index (χ2n) is 9.60. The first kappa shape index (κ1) is 28.6. The van der Waals surface area contributed by atoms with Crippen molar-refractivity contribution in [1.29, 1.82) is 0 Å². The number of halogens is 1. The van der Waals surface area contributed by atoms with E-state index >= 15 is 0 Å². The Balaban J connectivity index is 1.43. The second kappa shape index (κ2) is 12.2. The Hall–Kier alpha value is -4.43. The van der Waals surface area contributed by atoms with Crippen LogP contribution in [0.3, 0.4) is 0 Å². The number of hydrogen-bond donors (Lipinski definition) is 2.